The number of rotatable bonds is 6. The zero-order valence-electron chi connectivity index (χ0n) is 19.3. The molecule has 2 aliphatic rings. The second-order valence-electron chi connectivity index (χ2n) is 9.35. The van der Waals surface area contributed by atoms with Crippen LogP contribution < -0.4 is 4.90 Å². The van der Waals surface area contributed by atoms with Crippen molar-refractivity contribution in [1.29, 1.82) is 0 Å². The first-order valence-corrected chi connectivity index (χ1v) is 13.6. The Bertz CT molecular complexity index is 1460. The summed E-state index contributed by atoms with van der Waals surface area (Å²) >= 11 is 14.5. The SMILES string of the molecule is O=C(O)c1ccc2nc(N3CCC(/C=C/c4c(-c5c(Cl)cccc5Cl)noc4C4CC4)CC3)sc2c1. The van der Waals surface area contributed by atoms with Gasteiger partial charge in [0.25, 0.3) is 0 Å². The number of hydrogen-bond acceptors (Lipinski definition) is 6. The van der Waals surface area contributed by atoms with E-state index in [0.29, 0.717) is 38.7 Å². The molecule has 0 unspecified atom stereocenters. The maximum Gasteiger partial charge on any atom is 0.335 e. The molecule has 184 valence electrons. The number of carboxylic acid groups (broad SMARTS) is 1. The van der Waals surface area contributed by atoms with Crippen molar-refractivity contribution in [1.82, 2.24) is 10.1 Å². The van der Waals surface area contributed by atoms with E-state index in [-0.39, 0.29) is 0 Å². The van der Waals surface area contributed by atoms with E-state index in [1.54, 1.807) is 29.5 Å². The Morgan fingerprint density at radius 2 is 1.86 bits per heavy atom. The first kappa shape index (κ1) is 23.5. The van der Waals surface area contributed by atoms with Gasteiger partial charge in [0, 0.05) is 30.1 Å². The van der Waals surface area contributed by atoms with E-state index < -0.39 is 5.97 Å². The summed E-state index contributed by atoms with van der Waals surface area (Å²) in [5.41, 5.74) is 3.53. The number of piperidine rings is 1. The first-order valence-electron chi connectivity index (χ1n) is 12.0. The summed E-state index contributed by atoms with van der Waals surface area (Å²) in [6.07, 6.45) is 8.63. The molecule has 36 heavy (non-hydrogen) atoms. The van der Waals surface area contributed by atoms with E-state index in [4.69, 9.17) is 32.7 Å². The number of aromatic carboxylic acids is 1. The van der Waals surface area contributed by atoms with Crippen LogP contribution in [0, 0.1) is 5.92 Å². The van der Waals surface area contributed by atoms with Crippen LogP contribution in [0.15, 0.2) is 47.0 Å². The highest BCUT2D eigenvalue weighted by molar-refractivity contribution is 7.22. The van der Waals surface area contributed by atoms with Crippen LogP contribution in [0.5, 0.6) is 0 Å². The normalized spacial score (nSPS) is 16.9. The van der Waals surface area contributed by atoms with Crippen LogP contribution >= 0.6 is 34.5 Å². The van der Waals surface area contributed by atoms with Crippen molar-refractivity contribution in [2.45, 2.75) is 31.6 Å². The molecule has 0 spiro atoms. The minimum atomic E-state index is -0.919. The van der Waals surface area contributed by atoms with Gasteiger partial charge >= 0.3 is 5.97 Å². The molecule has 0 radical (unpaired) electrons. The van der Waals surface area contributed by atoms with Gasteiger partial charge in [0.1, 0.15) is 11.5 Å². The molecule has 1 saturated carbocycles. The third-order valence-electron chi connectivity index (χ3n) is 6.87. The average Bonchev–Trinajstić information content (AvgIpc) is 3.49. The zero-order valence-corrected chi connectivity index (χ0v) is 21.6. The van der Waals surface area contributed by atoms with Gasteiger partial charge in [-0.1, -0.05) is 57.9 Å². The number of fused-ring (bicyclic) bond motifs is 1. The van der Waals surface area contributed by atoms with Crippen molar-refractivity contribution in [2.75, 3.05) is 18.0 Å². The molecule has 4 aromatic rings. The fourth-order valence-electron chi connectivity index (χ4n) is 4.71. The zero-order chi connectivity index (χ0) is 24.8. The average molecular weight is 540 g/mol. The highest BCUT2D eigenvalue weighted by Gasteiger charge is 2.33. The van der Waals surface area contributed by atoms with Gasteiger partial charge in [0.2, 0.25) is 0 Å². The number of halogens is 2. The molecular formula is C27H23Cl2N3O3S. The number of allylic oxidation sites excluding steroid dienone is 1. The minimum absolute atomic E-state index is 0.290. The van der Waals surface area contributed by atoms with Crippen molar-refractivity contribution in [3.63, 3.8) is 0 Å². The number of carboxylic acids is 1. The highest BCUT2D eigenvalue weighted by atomic mass is 35.5. The summed E-state index contributed by atoms with van der Waals surface area (Å²) in [6.45, 7) is 1.78. The standard InChI is InChI=1S/C27H23Cl2N3O3S/c28-19-2-1-3-20(29)23(19)24-18(25(35-31-24)16-5-6-16)8-4-15-10-12-32(13-11-15)27-30-21-9-7-17(26(33)34)14-22(21)36-27/h1-4,7-9,14-16H,5-6,10-13H2,(H,33,34)/b8-4+. The van der Waals surface area contributed by atoms with Crippen LogP contribution in [-0.2, 0) is 0 Å². The summed E-state index contributed by atoms with van der Waals surface area (Å²) in [4.78, 5) is 18.3. The van der Waals surface area contributed by atoms with Gasteiger partial charge < -0.3 is 14.5 Å². The summed E-state index contributed by atoms with van der Waals surface area (Å²) in [7, 11) is 0. The topological polar surface area (TPSA) is 79.5 Å². The van der Waals surface area contributed by atoms with E-state index >= 15 is 0 Å². The van der Waals surface area contributed by atoms with E-state index in [0.717, 1.165) is 65.4 Å². The third kappa shape index (κ3) is 4.51. The first-order chi connectivity index (χ1) is 17.5. The Morgan fingerprint density at radius 1 is 1.11 bits per heavy atom. The maximum absolute atomic E-state index is 11.3. The van der Waals surface area contributed by atoms with Gasteiger partial charge in [-0.2, -0.15) is 0 Å². The lowest BCUT2D eigenvalue weighted by Crippen LogP contribution is -2.32. The molecule has 9 heteroatoms. The largest absolute Gasteiger partial charge is 0.478 e. The number of anilines is 1. The van der Waals surface area contributed by atoms with Crippen molar-refractivity contribution in [3.8, 4) is 11.3 Å². The number of hydrogen-bond donors (Lipinski definition) is 1. The molecule has 1 N–H and O–H groups in total. The highest BCUT2D eigenvalue weighted by Crippen LogP contribution is 2.46. The Morgan fingerprint density at radius 3 is 2.56 bits per heavy atom. The molecule has 2 fully saturated rings. The number of aromatic nitrogens is 2. The van der Waals surface area contributed by atoms with Gasteiger partial charge in [0.15, 0.2) is 5.13 Å². The fraction of sp³-hybridized carbons (Fsp3) is 0.296. The molecular weight excluding hydrogens is 517 g/mol. The van der Waals surface area contributed by atoms with E-state index in [1.807, 2.05) is 18.2 Å². The monoisotopic (exact) mass is 539 g/mol. The van der Waals surface area contributed by atoms with Crippen LogP contribution in [0.1, 0.15) is 53.3 Å². The van der Waals surface area contributed by atoms with Crippen molar-refractivity contribution < 1.29 is 14.4 Å². The van der Waals surface area contributed by atoms with Gasteiger partial charge in [-0.05, 0) is 61.9 Å². The second-order valence-corrected chi connectivity index (χ2v) is 11.2. The molecule has 3 heterocycles. The lowest BCUT2D eigenvalue weighted by molar-refractivity contribution is 0.0697. The molecule has 6 nitrogen and oxygen atoms in total. The molecule has 0 amide bonds. The molecule has 2 aromatic carbocycles. The summed E-state index contributed by atoms with van der Waals surface area (Å²) in [6, 6.07) is 10.6. The second kappa shape index (κ2) is 9.54. The number of benzene rings is 2. The third-order valence-corrected chi connectivity index (χ3v) is 8.58. The number of carbonyl (C=O) groups is 1. The van der Waals surface area contributed by atoms with Gasteiger partial charge in [-0.25, -0.2) is 9.78 Å². The predicted octanol–water partition coefficient (Wildman–Crippen LogP) is 7.76. The Balaban J connectivity index is 1.19. The van der Waals surface area contributed by atoms with E-state index in [2.05, 4.69) is 22.2 Å². The minimum Gasteiger partial charge on any atom is -0.478 e. The van der Waals surface area contributed by atoms with Crippen molar-refractivity contribution >= 4 is 61.9 Å². The van der Waals surface area contributed by atoms with E-state index in [9.17, 15) is 9.90 Å². The molecule has 0 atom stereocenters. The summed E-state index contributed by atoms with van der Waals surface area (Å²) in [5, 5.41) is 15.7. The van der Waals surface area contributed by atoms with Gasteiger partial charge in [0.05, 0.1) is 25.8 Å². The fourth-order valence-corrected chi connectivity index (χ4v) is 6.34. The Kier molecular flexibility index (Phi) is 6.23. The molecule has 2 aromatic heterocycles. The molecule has 1 saturated heterocycles. The lowest BCUT2D eigenvalue weighted by atomic mass is 9.95. The van der Waals surface area contributed by atoms with Crippen LogP contribution in [0.3, 0.4) is 0 Å². The summed E-state index contributed by atoms with van der Waals surface area (Å²) < 4.78 is 6.68. The van der Waals surface area contributed by atoms with Gasteiger partial charge in [-0.3, -0.25) is 0 Å². The number of thiazole rings is 1. The molecule has 6 rings (SSSR count). The quantitative estimate of drug-likeness (QED) is 0.269. The molecule has 1 aliphatic carbocycles. The predicted molar refractivity (Wildman–Crippen MR) is 144 cm³/mol. The van der Waals surface area contributed by atoms with Crippen LogP contribution in [-0.4, -0.2) is 34.3 Å². The van der Waals surface area contributed by atoms with Crippen molar-refractivity contribution in [2.24, 2.45) is 5.92 Å². The Hall–Kier alpha value is -2.87. The van der Waals surface area contributed by atoms with Crippen LogP contribution in [0.25, 0.3) is 27.6 Å². The van der Waals surface area contributed by atoms with Crippen LogP contribution in [0.4, 0.5) is 5.13 Å². The van der Waals surface area contributed by atoms with Crippen LogP contribution in [0.2, 0.25) is 10.0 Å². The smallest absolute Gasteiger partial charge is 0.335 e. The summed E-state index contributed by atoms with van der Waals surface area (Å²) in [5.74, 6) is 0.836. The Labute approximate surface area is 222 Å². The van der Waals surface area contributed by atoms with Crippen molar-refractivity contribution in [3.05, 3.63) is 69.4 Å². The molecule has 1 aliphatic heterocycles. The van der Waals surface area contributed by atoms with E-state index in [1.165, 1.54) is 0 Å². The van der Waals surface area contributed by atoms with Gasteiger partial charge in [-0.15, -0.1) is 0 Å². The maximum atomic E-state index is 11.3. The lowest BCUT2D eigenvalue weighted by Gasteiger charge is -2.30. The number of nitrogens with zero attached hydrogens (tertiary/aromatic N) is 3. The molecule has 0 bridgehead atoms.